The van der Waals surface area contributed by atoms with E-state index < -0.39 is 0 Å². The number of rotatable bonds is 6. The van der Waals surface area contributed by atoms with Gasteiger partial charge in [0.15, 0.2) is 0 Å². The van der Waals surface area contributed by atoms with Crippen molar-refractivity contribution in [3.05, 3.63) is 64.1 Å². The fraction of sp³-hybridized carbons (Fsp3) is 0.294. The normalized spacial score (nSPS) is 12.2. The lowest BCUT2D eigenvalue weighted by molar-refractivity contribution is 0.317. The second-order valence-corrected chi connectivity index (χ2v) is 5.77. The van der Waals surface area contributed by atoms with Crippen molar-refractivity contribution in [2.75, 3.05) is 6.61 Å². The van der Waals surface area contributed by atoms with Crippen molar-refractivity contribution in [1.29, 1.82) is 0 Å². The average molecular weight is 334 g/mol. The van der Waals surface area contributed by atoms with E-state index in [2.05, 4.69) is 47.1 Å². The molecule has 0 amide bonds. The third-order valence-corrected chi connectivity index (χ3v) is 3.68. The Morgan fingerprint density at radius 1 is 1.05 bits per heavy atom. The van der Waals surface area contributed by atoms with Gasteiger partial charge in [0.05, 0.1) is 6.61 Å². The van der Waals surface area contributed by atoms with E-state index in [4.69, 9.17) is 10.5 Å². The number of halogens is 1. The van der Waals surface area contributed by atoms with Crippen LogP contribution in [0.2, 0.25) is 0 Å². The third-order valence-electron chi connectivity index (χ3n) is 3.15. The summed E-state index contributed by atoms with van der Waals surface area (Å²) in [4.78, 5) is 0. The first-order valence-corrected chi connectivity index (χ1v) is 7.71. The average Bonchev–Trinajstić information content (AvgIpc) is 2.48. The number of ether oxygens (including phenoxy) is 1. The minimum Gasteiger partial charge on any atom is -0.494 e. The van der Waals surface area contributed by atoms with Crippen molar-refractivity contribution >= 4 is 15.9 Å². The first-order chi connectivity index (χ1) is 9.69. The number of hydrogen-bond acceptors (Lipinski definition) is 2. The molecule has 0 heterocycles. The Bertz CT molecular complexity index is 522. The van der Waals surface area contributed by atoms with Crippen molar-refractivity contribution in [3.8, 4) is 5.75 Å². The van der Waals surface area contributed by atoms with Gasteiger partial charge in [-0.15, -0.1) is 0 Å². The Hall–Kier alpha value is -1.32. The smallest absolute Gasteiger partial charge is 0.119 e. The molecule has 0 aliphatic heterocycles. The van der Waals surface area contributed by atoms with Crippen molar-refractivity contribution < 1.29 is 4.74 Å². The van der Waals surface area contributed by atoms with Gasteiger partial charge in [0.25, 0.3) is 0 Å². The van der Waals surface area contributed by atoms with Crippen molar-refractivity contribution in [3.63, 3.8) is 0 Å². The second kappa shape index (κ2) is 7.46. The predicted octanol–water partition coefficient (Wildman–Crippen LogP) is 4.48. The summed E-state index contributed by atoms with van der Waals surface area (Å²) in [5.41, 5.74) is 8.64. The number of nitrogens with two attached hydrogens (primary N) is 1. The highest BCUT2D eigenvalue weighted by atomic mass is 79.9. The van der Waals surface area contributed by atoms with Crippen LogP contribution in [-0.4, -0.2) is 6.61 Å². The molecule has 0 aromatic heterocycles. The Morgan fingerprint density at radius 3 is 2.30 bits per heavy atom. The maximum Gasteiger partial charge on any atom is 0.119 e. The van der Waals surface area contributed by atoms with Crippen LogP contribution in [0.5, 0.6) is 5.75 Å². The summed E-state index contributed by atoms with van der Waals surface area (Å²) in [5, 5.41) is 0. The van der Waals surface area contributed by atoms with Crippen molar-refractivity contribution in [2.24, 2.45) is 5.73 Å². The van der Waals surface area contributed by atoms with Crippen LogP contribution < -0.4 is 10.5 Å². The fourth-order valence-corrected chi connectivity index (χ4v) is 2.29. The van der Waals surface area contributed by atoms with E-state index in [0.29, 0.717) is 0 Å². The van der Waals surface area contributed by atoms with Crippen LogP contribution in [0.25, 0.3) is 0 Å². The molecule has 3 heteroatoms. The Balaban J connectivity index is 1.98. The summed E-state index contributed by atoms with van der Waals surface area (Å²) in [5.74, 6) is 0.909. The van der Waals surface area contributed by atoms with Crippen LogP contribution in [-0.2, 0) is 6.42 Å². The lowest BCUT2D eigenvalue weighted by atomic mass is 10.00. The summed E-state index contributed by atoms with van der Waals surface area (Å²) < 4.78 is 6.67. The molecule has 0 aliphatic carbocycles. The first kappa shape index (κ1) is 15.1. The lowest BCUT2D eigenvalue weighted by Crippen LogP contribution is -2.13. The van der Waals surface area contributed by atoms with Crippen LogP contribution in [0.3, 0.4) is 0 Å². The summed E-state index contributed by atoms with van der Waals surface area (Å²) in [7, 11) is 0. The molecule has 0 saturated heterocycles. The van der Waals surface area contributed by atoms with Gasteiger partial charge in [-0.3, -0.25) is 0 Å². The molecule has 20 heavy (non-hydrogen) atoms. The van der Waals surface area contributed by atoms with Gasteiger partial charge in [0.1, 0.15) is 5.75 Å². The van der Waals surface area contributed by atoms with Crippen molar-refractivity contribution in [1.82, 2.24) is 0 Å². The molecule has 1 unspecified atom stereocenters. The molecule has 0 aliphatic rings. The molecule has 2 N–H and O–H groups in total. The summed E-state index contributed by atoms with van der Waals surface area (Å²) in [6.07, 6.45) is 1.85. The molecule has 0 fully saturated rings. The highest BCUT2D eigenvalue weighted by Gasteiger charge is 2.07. The van der Waals surface area contributed by atoms with E-state index in [9.17, 15) is 0 Å². The van der Waals surface area contributed by atoms with Gasteiger partial charge in [0.2, 0.25) is 0 Å². The molecule has 0 saturated carbocycles. The Morgan fingerprint density at radius 2 is 1.70 bits per heavy atom. The van der Waals surface area contributed by atoms with Crippen LogP contribution in [0, 0.1) is 0 Å². The maximum atomic E-state index is 6.26. The number of benzene rings is 2. The zero-order chi connectivity index (χ0) is 14.4. The number of hydrogen-bond donors (Lipinski definition) is 1. The van der Waals surface area contributed by atoms with E-state index in [1.165, 1.54) is 5.56 Å². The van der Waals surface area contributed by atoms with Gasteiger partial charge in [0, 0.05) is 10.5 Å². The highest BCUT2D eigenvalue weighted by Crippen LogP contribution is 2.20. The van der Waals surface area contributed by atoms with Crippen molar-refractivity contribution in [2.45, 2.75) is 25.8 Å². The second-order valence-electron chi connectivity index (χ2n) is 4.85. The third kappa shape index (κ3) is 4.36. The van der Waals surface area contributed by atoms with Gasteiger partial charge >= 0.3 is 0 Å². The predicted molar refractivity (Wildman–Crippen MR) is 87.0 cm³/mol. The minimum absolute atomic E-state index is 0.0106. The van der Waals surface area contributed by atoms with E-state index in [0.717, 1.165) is 35.2 Å². The molecule has 106 valence electrons. The SMILES string of the molecule is CCCOc1ccc(C(N)Cc2ccc(Br)cc2)cc1. The molecule has 0 spiro atoms. The highest BCUT2D eigenvalue weighted by molar-refractivity contribution is 9.10. The van der Waals surface area contributed by atoms with Gasteiger partial charge in [-0.1, -0.05) is 47.1 Å². The first-order valence-electron chi connectivity index (χ1n) is 6.92. The van der Waals surface area contributed by atoms with Gasteiger partial charge < -0.3 is 10.5 Å². The monoisotopic (exact) mass is 333 g/mol. The molecule has 2 aromatic carbocycles. The minimum atomic E-state index is 0.0106. The largest absolute Gasteiger partial charge is 0.494 e. The van der Waals surface area contributed by atoms with Gasteiger partial charge in [-0.25, -0.2) is 0 Å². The quantitative estimate of drug-likeness (QED) is 0.845. The van der Waals surface area contributed by atoms with E-state index in [1.54, 1.807) is 0 Å². The van der Waals surface area contributed by atoms with Gasteiger partial charge in [-0.2, -0.15) is 0 Å². The summed E-state index contributed by atoms with van der Waals surface area (Å²) >= 11 is 3.44. The van der Waals surface area contributed by atoms with E-state index in [-0.39, 0.29) is 6.04 Å². The Kier molecular flexibility index (Phi) is 5.62. The van der Waals surface area contributed by atoms with Crippen LogP contribution >= 0.6 is 15.9 Å². The molecule has 0 bridgehead atoms. The topological polar surface area (TPSA) is 35.2 Å². The zero-order valence-corrected chi connectivity index (χ0v) is 13.3. The van der Waals surface area contributed by atoms with E-state index >= 15 is 0 Å². The Labute approximate surface area is 129 Å². The van der Waals surface area contributed by atoms with Crippen LogP contribution in [0.4, 0.5) is 0 Å². The maximum absolute atomic E-state index is 6.26. The van der Waals surface area contributed by atoms with E-state index in [1.807, 2.05) is 24.3 Å². The molecular formula is C17H20BrNO. The van der Waals surface area contributed by atoms with Crippen LogP contribution in [0.15, 0.2) is 53.0 Å². The molecule has 1 atom stereocenters. The van der Waals surface area contributed by atoms with Gasteiger partial charge in [-0.05, 0) is 48.2 Å². The molecule has 2 nitrogen and oxygen atoms in total. The standard InChI is InChI=1S/C17H20BrNO/c1-2-11-20-16-9-5-14(6-10-16)17(19)12-13-3-7-15(18)8-4-13/h3-10,17H,2,11-12,19H2,1H3. The summed E-state index contributed by atoms with van der Waals surface area (Å²) in [6, 6.07) is 16.4. The molecule has 2 rings (SSSR count). The zero-order valence-electron chi connectivity index (χ0n) is 11.7. The fourth-order valence-electron chi connectivity index (χ4n) is 2.02. The molecular weight excluding hydrogens is 314 g/mol. The molecule has 0 radical (unpaired) electrons. The molecule has 2 aromatic rings. The van der Waals surface area contributed by atoms with Crippen LogP contribution in [0.1, 0.15) is 30.5 Å². The summed E-state index contributed by atoms with van der Waals surface area (Å²) in [6.45, 7) is 2.85. The lowest BCUT2D eigenvalue weighted by Gasteiger charge is -2.13.